The lowest BCUT2D eigenvalue weighted by atomic mass is 9.99. The summed E-state index contributed by atoms with van der Waals surface area (Å²) in [4.78, 5) is 22.9. The second-order valence-electron chi connectivity index (χ2n) is 9.80. The Morgan fingerprint density at radius 1 is 1.33 bits per heavy atom. The zero-order valence-electron chi connectivity index (χ0n) is 21.4. The monoisotopic (exact) mass is 577 g/mol. The Bertz CT molecular complexity index is 1250. The number of anilines is 1. The third-order valence-corrected chi connectivity index (χ3v) is 7.35. The summed E-state index contributed by atoms with van der Waals surface area (Å²) in [5.74, 6) is 1.47. The summed E-state index contributed by atoms with van der Waals surface area (Å²) in [6, 6.07) is 7.14. The van der Waals surface area contributed by atoms with Crippen LogP contribution in [-0.2, 0) is 19.6 Å². The molecular weight excluding hydrogens is 545 g/mol. The van der Waals surface area contributed by atoms with Gasteiger partial charge < -0.3 is 24.9 Å². The minimum absolute atomic E-state index is 0. The van der Waals surface area contributed by atoms with Crippen LogP contribution >= 0.6 is 25.1 Å². The van der Waals surface area contributed by atoms with Crippen LogP contribution in [-0.4, -0.2) is 63.8 Å². The summed E-state index contributed by atoms with van der Waals surface area (Å²) in [6.07, 6.45) is 5.46. The number of oxazole rings is 1. The van der Waals surface area contributed by atoms with Crippen molar-refractivity contribution in [2.75, 3.05) is 25.0 Å². The molecule has 3 aromatic rings. The van der Waals surface area contributed by atoms with Crippen LogP contribution in [0.4, 0.5) is 10.2 Å². The SMILES string of the molecule is O=C(NC[C@H](O)CN1CCc2c(ccc(OCc3cnco3)c2Cl)C1)c1ccnc(NC2CCC(F)C2)c1.S. The van der Waals surface area contributed by atoms with E-state index in [1.54, 1.807) is 24.5 Å². The van der Waals surface area contributed by atoms with Gasteiger partial charge in [-0.05, 0) is 55.0 Å². The smallest absolute Gasteiger partial charge is 0.251 e. The first-order valence-corrected chi connectivity index (χ1v) is 13.2. The van der Waals surface area contributed by atoms with E-state index in [9.17, 15) is 14.3 Å². The molecule has 1 fully saturated rings. The highest BCUT2D eigenvalue weighted by Crippen LogP contribution is 2.34. The van der Waals surface area contributed by atoms with Gasteiger partial charge in [-0.1, -0.05) is 17.7 Å². The maximum absolute atomic E-state index is 13.4. The number of nitrogens with one attached hydrogen (secondary N) is 2. The van der Waals surface area contributed by atoms with Gasteiger partial charge in [-0.25, -0.2) is 14.4 Å². The first-order chi connectivity index (χ1) is 18.4. The number of aromatic nitrogens is 2. The summed E-state index contributed by atoms with van der Waals surface area (Å²) in [6.45, 7) is 2.15. The average Bonchev–Trinajstić information content (AvgIpc) is 3.58. The number of benzene rings is 1. The standard InChI is InChI=1S/C27H31ClFN5O4.H2S/c28-26-23-6-8-34(13-18(23)1-4-24(26)37-15-22-12-30-16-38-22)14-21(35)11-32-27(36)17-5-7-31-25(9-17)33-20-3-2-19(29)10-20;/h1,4-5,7,9,12,16,19-21,35H,2-3,6,8,10-11,13-15H2,(H,31,33)(H,32,36);1H2/t19?,20?,21-;/m0./s1. The maximum Gasteiger partial charge on any atom is 0.251 e. The Hall–Kier alpha value is -2.86. The molecule has 9 nitrogen and oxygen atoms in total. The maximum atomic E-state index is 13.4. The van der Waals surface area contributed by atoms with Gasteiger partial charge >= 0.3 is 0 Å². The molecule has 1 aliphatic carbocycles. The van der Waals surface area contributed by atoms with E-state index in [-0.39, 0.29) is 38.6 Å². The molecule has 0 spiro atoms. The van der Waals surface area contributed by atoms with E-state index in [0.29, 0.717) is 53.8 Å². The van der Waals surface area contributed by atoms with Crippen LogP contribution < -0.4 is 15.4 Å². The topological polar surface area (TPSA) is 113 Å². The molecule has 2 aliphatic rings. The molecule has 1 aromatic carbocycles. The molecule has 2 unspecified atom stereocenters. The second-order valence-corrected chi connectivity index (χ2v) is 10.2. The number of ether oxygens (including phenoxy) is 1. The summed E-state index contributed by atoms with van der Waals surface area (Å²) in [7, 11) is 0. The third kappa shape index (κ3) is 7.63. The Balaban J connectivity index is 0.00000353. The predicted molar refractivity (Wildman–Crippen MR) is 150 cm³/mol. The summed E-state index contributed by atoms with van der Waals surface area (Å²) in [5.41, 5.74) is 2.57. The van der Waals surface area contributed by atoms with Crippen LogP contribution in [0.15, 0.2) is 47.5 Å². The molecule has 0 bridgehead atoms. The molecule has 1 aliphatic heterocycles. The van der Waals surface area contributed by atoms with Crippen LogP contribution in [0.3, 0.4) is 0 Å². The first kappa shape index (κ1) is 29.1. The molecule has 0 saturated heterocycles. The minimum Gasteiger partial charge on any atom is -0.484 e. The van der Waals surface area contributed by atoms with Crippen LogP contribution in [0.25, 0.3) is 0 Å². The average molecular weight is 578 g/mol. The normalized spacial score (nSPS) is 19.6. The minimum atomic E-state index is -0.784. The van der Waals surface area contributed by atoms with Crippen LogP contribution in [0.1, 0.15) is 46.5 Å². The van der Waals surface area contributed by atoms with Crippen molar-refractivity contribution in [3.8, 4) is 5.75 Å². The number of hydrogen-bond donors (Lipinski definition) is 3. The van der Waals surface area contributed by atoms with Crippen molar-refractivity contribution in [3.63, 3.8) is 0 Å². The largest absolute Gasteiger partial charge is 0.484 e. The molecule has 1 amide bonds. The van der Waals surface area contributed by atoms with E-state index in [1.807, 2.05) is 12.1 Å². The van der Waals surface area contributed by atoms with Crippen molar-refractivity contribution in [1.29, 1.82) is 0 Å². The molecular formula is C27H33ClFN5O4S. The first-order valence-electron chi connectivity index (χ1n) is 12.8. The van der Waals surface area contributed by atoms with Crippen molar-refractivity contribution in [2.24, 2.45) is 0 Å². The molecule has 3 heterocycles. The molecule has 3 N–H and O–H groups in total. The van der Waals surface area contributed by atoms with Gasteiger partial charge in [-0.15, -0.1) is 0 Å². The molecule has 39 heavy (non-hydrogen) atoms. The van der Waals surface area contributed by atoms with Crippen LogP contribution in [0.5, 0.6) is 5.75 Å². The molecule has 3 atom stereocenters. The van der Waals surface area contributed by atoms with E-state index in [1.165, 1.54) is 6.39 Å². The lowest BCUT2D eigenvalue weighted by molar-refractivity contribution is 0.0841. The van der Waals surface area contributed by atoms with Crippen molar-refractivity contribution < 1.29 is 23.4 Å². The number of carbonyl (C=O) groups excluding carboxylic acids is 1. The highest BCUT2D eigenvalue weighted by Gasteiger charge is 2.25. The number of nitrogens with zero attached hydrogens (tertiary/aromatic N) is 3. The Morgan fingerprint density at radius 3 is 2.97 bits per heavy atom. The number of amides is 1. The van der Waals surface area contributed by atoms with Gasteiger partial charge in [0.25, 0.3) is 5.91 Å². The lowest BCUT2D eigenvalue weighted by Crippen LogP contribution is -2.42. The van der Waals surface area contributed by atoms with E-state index < -0.39 is 12.3 Å². The van der Waals surface area contributed by atoms with E-state index in [0.717, 1.165) is 30.5 Å². The number of halogens is 2. The number of fused-ring (bicyclic) bond motifs is 1. The molecule has 0 radical (unpaired) electrons. The highest BCUT2D eigenvalue weighted by molar-refractivity contribution is 7.59. The Kier molecular flexibility index (Phi) is 10.1. The number of alkyl halides is 1. The predicted octanol–water partition coefficient (Wildman–Crippen LogP) is 3.87. The van der Waals surface area contributed by atoms with E-state index in [2.05, 4.69) is 25.5 Å². The number of aliphatic hydroxyl groups excluding tert-OH is 1. The van der Waals surface area contributed by atoms with Crippen molar-refractivity contribution in [3.05, 3.63) is 70.5 Å². The Labute approximate surface area is 238 Å². The van der Waals surface area contributed by atoms with Crippen LogP contribution in [0, 0.1) is 0 Å². The van der Waals surface area contributed by atoms with Crippen molar-refractivity contribution in [1.82, 2.24) is 20.2 Å². The fourth-order valence-corrected chi connectivity index (χ4v) is 5.30. The molecule has 2 aromatic heterocycles. The number of hydrogen-bond acceptors (Lipinski definition) is 8. The molecule has 210 valence electrons. The molecule has 5 rings (SSSR count). The fourth-order valence-electron chi connectivity index (χ4n) is 4.97. The van der Waals surface area contributed by atoms with Gasteiger partial charge in [0, 0.05) is 44.0 Å². The van der Waals surface area contributed by atoms with Gasteiger partial charge in [0.05, 0.1) is 17.3 Å². The zero-order chi connectivity index (χ0) is 26.5. The number of pyridine rings is 1. The fraction of sp³-hybridized carbons (Fsp3) is 0.444. The third-order valence-electron chi connectivity index (χ3n) is 6.94. The van der Waals surface area contributed by atoms with Crippen molar-refractivity contribution in [2.45, 2.75) is 57.2 Å². The highest BCUT2D eigenvalue weighted by atomic mass is 35.5. The van der Waals surface area contributed by atoms with E-state index in [4.69, 9.17) is 20.8 Å². The lowest BCUT2D eigenvalue weighted by Gasteiger charge is -2.31. The van der Waals surface area contributed by atoms with Gasteiger partial charge in [0.15, 0.2) is 12.2 Å². The number of β-amino-alcohol motifs (C(OH)–C–C–N with tert-alkyl or cyclic N) is 1. The summed E-state index contributed by atoms with van der Waals surface area (Å²) >= 11 is 6.62. The number of carbonyl (C=O) groups is 1. The number of aliphatic hydroxyl groups is 1. The van der Waals surface area contributed by atoms with Gasteiger partial charge in [0.1, 0.15) is 24.3 Å². The van der Waals surface area contributed by atoms with Gasteiger partial charge in [0.2, 0.25) is 0 Å². The van der Waals surface area contributed by atoms with Crippen LogP contribution in [0.2, 0.25) is 5.02 Å². The molecule has 1 saturated carbocycles. The van der Waals surface area contributed by atoms with Gasteiger partial charge in [-0.2, -0.15) is 13.5 Å². The quantitative estimate of drug-likeness (QED) is 0.333. The molecule has 12 heteroatoms. The zero-order valence-corrected chi connectivity index (χ0v) is 23.2. The summed E-state index contributed by atoms with van der Waals surface area (Å²) < 4.78 is 24.4. The second kappa shape index (κ2) is 13.5. The Morgan fingerprint density at radius 2 is 2.21 bits per heavy atom. The van der Waals surface area contributed by atoms with E-state index >= 15 is 0 Å². The summed E-state index contributed by atoms with van der Waals surface area (Å²) in [5, 5.41) is 17.2. The van der Waals surface area contributed by atoms with Gasteiger partial charge in [-0.3, -0.25) is 9.69 Å². The number of rotatable bonds is 10. The van der Waals surface area contributed by atoms with Crippen molar-refractivity contribution >= 4 is 36.8 Å².